The lowest BCUT2D eigenvalue weighted by atomic mass is 10.1. The van der Waals surface area contributed by atoms with E-state index in [-0.39, 0.29) is 23.7 Å². The molecule has 1 heterocycles. The van der Waals surface area contributed by atoms with Gasteiger partial charge >= 0.3 is 0 Å². The number of carbonyl (C=O) groups excluding carboxylic acids is 1. The molecule has 0 fully saturated rings. The van der Waals surface area contributed by atoms with Gasteiger partial charge in [0, 0.05) is 5.56 Å². The number of Topliss-reactive ketones (excluding diaryl/α,β-unsaturated/α-hetero) is 1. The second-order valence-corrected chi connectivity index (χ2v) is 4.08. The number of hydrogen-bond donors (Lipinski definition) is 0. The fourth-order valence-electron chi connectivity index (χ4n) is 1.69. The maximum atomic E-state index is 12.1. The molecule has 1 aromatic heterocycles. The molecule has 0 atom stereocenters. The normalized spacial score (nSPS) is 9.63. The van der Waals surface area contributed by atoms with Crippen LogP contribution in [0.4, 0.5) is 0 Å². The van der Waals surface area contributed by atoms with E-state index in [1.807, 2.05) is 31.2 Å². The van der Waals surface area contributed by atoms with Gasteiger partial charge in [-0.15, -0.1) is 0 Å². The molecule has 0 unspecified atom stereocenters. The number of aryl methyl sites for hydroxylation is 1. The van der Waals surface area contributed by atoms with E-state index in [1.54, 1.807) is 12.1 Å². The van der Waals surface area contributed by atoms with Crippen LogP contribution in [0.1, 0.15) is 27.3 Å². The van der Waals surface area contributed by atoms with Crippen LogP contribution in [-0.2, 0) is 6.54 Å². The van der Waals surface area contributed by atoms with Crippen LogP contribution in [0, 0.1) is 29.6 Å². The molecule has 0 aliphatic heterocycles. The second-order valence-electron chi connectivity index (χ2n) is 4.08. The molecule has 5 heteroatoms. The third kappa shape index (κ3) is 2.51. The topological polar surface area (TPSA) is 82.5 Å². The predicted octanol–water partition coefficient (Wildman–Crippen LogP) is 1.82. The Morgan fingerprint density at radius 1 is 1.26 bits per heavy atom. The van der Waals surface area contributed by atoms with Crippen LogP contribution in [-0.4, -0.2) is 15.3 Å². The first-order valence-corrected chi connectivity index (χ1v) is 5.61. The zero-order chi connectivity index (χ0) is 13.8. The quantitative estimate of drug-likeness (QED) is 0.778. The zero-order valence-corrected chi connectivity index (χ0v) is 10.3. The Hall–Kier alpha value is -2.92. The SMILES string of the molecule is Cc1ccc(C(=O)Cn2cnc(C#N)c2C#N)cc1. The van der Waals surface area contributed by atoms with Crippen molar-refractivity contribution in [3.05, 3.63) is 53.1 Å². The van der Waals surface area contributed by atoms with Crippen molar-refractivity contribution in [3.63, 3.8) is 0 Å². The minimum absolute atomic E-state index is 0.000629. The van der Waals surface area contributed by atoms with Crippen LogP contribution >= 0.6 is 0 Å². The number of nitriles is 2. The Bertz CT molecular complexity index is 699. The van der Waals surface area contributed by atoms with Gasteiger partial charge in [-0.25, -0.2) is 4.98 Å². The molecule has 0 saturated heterocycles. The van der Waals surface area contributed by atoms with Gasteiger partial charge in [-0.2, -0.15) is 10.5 Å². The summed E-state index contributed by atoms with van der Waals surface area (Å²) < 4.78 is 1.39. The Balaban J connectivity index is 2.25. The number of imidazole rings is 1. The number of aromatic nitrogens is 2. The minimum Gasteiger partial charge on any atom is -0.313 e. The Morgan fingerprint density at radius 3 is 2.53 bits per heavy atom. The molecule has 0 aliphatic carbocycles. The van der Waals surface area contributed by atoms with E-state index >= 15 is 0 Å². The van der Waals surface area contributed by atoms with Crippen LogP contribution < -0.4 is 0 Å². The molecule has 19 heavy (non-hydrogen) atoms. The monoisotopic (exact) mass is 250 g/mol. The van der Waals surface area contributed by atoms with Crippen molar-refractivity contribution in [3.8, 4) is 12.1 Å². The second kappa shape index (κ2) is 5.16. The molecule has 0 bridgehead atoms. The summed E-state index contributed by atoms with van der Waals surface area (Å²) in [5.74, 6) is -0.126. The average Bonchev–Trinajstić information content (AvgIpc) is 2.81. The van der Waals surface area contributed by atoms with Crippen LogP contribution in [0.5, 0.6) is 0 Å². The van der Waals surface area contributed by atoms with E-state index in [2.05, 4.69) is 4.98 Å². The van der Waals surface area contributed by atoms with Crippen LogP contribution in [0.2, 0.25) is 0 Å². The van der Waals surface area contributed by atoms with Crippen molar-refractivity contribution < 1.29 is 4.79 Å². The molecule has 5 nitrogen and oxygen atoms in total. The highest BCUT2D eigenvalue weighted by molar-refractivity contribution is 5.96. The number of nitrogens with zero attached hydrogens (tertiary/aromatic N) is 4. The molecule has 2 aromatic rings. The Morgan fingerprint density at radius 2 is 1.95 bits per heavy atom. The molecular formula is C14H10N4O. The molecule has 0 N–H and O–H groups in total. The molecule has 0 amide bonds. The fourth-order valence-corrected chi connectivity index (χ4v) is 1.69. The summed E-state index contributed by atoms with van der Waals surface area (Å²) in [6.45, 7) is 1.94. The Labute approximate surface area is 110 Å². The summed E-state index contributed by atoms with van der Waals surface area (Å²) in [7, 11) is 0. The number of hydrogen-bond acceptors (Lipinski definition) is 4. The molecule has 2 rings (SSSR count). The van der Waals surface area contributed by atoms with Crippen LogP contribution in [0.3, 0.4) is 0 Å². The van der Waals surface area contributed by atoms with Gasteiger partial charge in [0.15, 0.2) is 17.2 Å². The lowest BCUT2D eigenvalue weighted by Gasteiger charge is -2.03. The molecule has 0 radical (unpaired) electrons. The lowest BCUT2D eigenvalue weighted by molar-refractivity contribution is 0.0972. The summed E-state index contributed by atoms with van der Waals surface area (Å²) in [5, 5.41) is 17.7. The van der Waals surface area contributed by atoms with E-state index in [0.29, 0.717) is 5.56 Å². The average molecular weight is 250 g/mol. The first kappa shape index (κ1) is 12.5. The van der Waals surface area contributed by atoms with Crippen molar-refractivity contribution >= 4 is 5.78 Å². The standard InChI is InChI=1S/C14H10N4O/c1-10-2-4-11(5-3-10)14(19)8-18-9-17-12(6-15)13(18)7-16/h2-5,9H,8H2,1H3. The van der Waals surface area contributed by atoms with Crippen LogP contribution in [0.15, 0.2) is 30.6 Å². The molecular weight excluding hydrogens is 240 g/mol. The predicted molar refractivity (Wildman–Crippen MR) is 67.2 cm³/mol. The van der Waals surface area contributed by atoms with Gasteiger partial charge in [0.1, 0.15) is 12.1 Å². The van der Waals surface area contributed by atoms with E-state index < -0.39 is 0 Å². The highest BCUT2D eigenvalue weighted by atomic mass is 16.1. The van der Waals surface area contributed by atoms with Crippen molar-refractivity contribution in [2.45, 2.75) is 13.5 Å². The number of rotatable bonds is 3. The van der Waals surface area contributed by atoms with Crippen molar-refractivity contribution in [2.75, 3.05) is 0 Å². The highest BCUT2D eigenvalue weighted by Gasteiger charge is 2.13. The summed E-state index contributed by atoms with van der Waals surface area (Å²) in [6.07, 6.45) is 1.34. The smallest absolute Gasteiger partial charge is 0.182 e. The number of benzene rings is 1. The first-order valence-electron chi connectivity index (χ1n) is 5.61. The lowest BCUT2D eigenvalue weighted by Crippen LogP contribution is -2.11. The van der Waals surface area contributed by atoms with Crippen molar-refractivity contribution in [1.29, 1.82) is 10.5 Å². The largest absolute Gasteiger partial charge is 0.313 e. The third-order valence-corrected chi connectivity index (χ3v) is 2.74. The summed E-state index contributed by atoms with van der Waals surface area (Å²) in [5.41, 5.74) is 1.80. The van der Waals surface area contributed by atoms with Gasteiger partial charge in [-0.05, 0) is 6.92 Å². The minimum atomic E-state index is -0.126. The van der Waals surface area contributed by atoms with Gasteiger partial charge in [0.25, 0.3) is 0 Å². The molecule has 0 spiro atoms. The number of ketones is 1. The van der Waals surface area contributed by atoms with E-state index in [9.17, 15) is 4.79 Å². The maximum Gasteiger partial charge on any atom is 0.182 e. The highest BCUT2D eigenvalue weighted by Crippen LogP contribution is 2.09. The third-order valence-electron chi connectivity index (χ3n) is 2.74. The molecule has 92 valence electrons. The van der Waals surface area contributed by atoms with Gasteiger partial charge < -0.3 is 4.57 Å². The van der Waals surface area contributed by atoms with Gasteiger partial charge in [-0.3, -0.25) is 4.79 Å². The zero-order valence-electron chi connectivity index (χ0n) is 10.3. The summed E-state index contributed by atoms with van der Waals surface area (Å²) >= 11 is 0. The van der Waals surface area contributed by atoms with Crippen molar-refractivity contribution in [1.82, 2.24) is 9.55 Å². The molecule has 0 aliphatic rings. The number of carbonyl (C=O) groups is 1. The van der Waals surface area contributed by atoms with E-state index in [4.69, 9.17) is 10.5 Å². The van der Waals surface area contributed by atoms with E-state index in [1.165, 1.54) is 10.9 Å². The van der Waals surface area contributed by atoms with Crippen LogP contribution in [0.25, 0.3) is 0 Å². The molecule has 1 aromatic carbocycles. The summed E-state index contributed by atoms with van der Waals surface area (Å²) in [6, 6.07) is 10.9. The van der Waals surface area contributed by atoms with Gasteiger partial charge in [0.2, 0.25) is 0 Å². The van der Waals surface area contributed by atoms with Crippen molar-refractivity contribution in [2.24, 2.45) is 0 Å². The van der Waals surface area contributed by atoms with E-state index in [0.717, 1.165) is 5.56 Å². The summed E-state index contributed by atoms with van der Waals surface area (Å²) in [4.78, 5) is 15.8. The molecule has 0 saturated carbocycles. The maximum absolute atomic E-state index is 12.1. The van der Waals surface area contributed by atoms with Gasteiger partial charge in [0.05, 0.1) is 12.9 Å². The first-order chi connectivity index (χ1) is 9.15. The van der Waals surface area contributed by atoms with Gasteiger partial charge in [-0.1, -0.05) is 29.8 Å². The fraction of sp³-hybridized carbons (Fsp3) is 0.143. The Kier molecular flexibility index (Phi) is 3.40.